The summed E-state index contributed by atoms with van der Waals surface area (Å²) in [5.41, 5.74) is 6.38. The molecule has 1 aromatic heterocycles. The number of nitrogens with two attached hydrogens (primary N) is 1. The average Bonchev–Trinajstić information content (AvgIpc) is 3.09. The molecule has 0 radical (unpaired) electrons. The molecule has 3 N–H and O–H groups in total. The highest BCUT2D eigenvalue weighted by Crippen LogP contribution is 2.33. The summed E-state index contributed by atoms with van der Waals surface area (Å²) in [7, 11) is 0. The van der Waals surface area contributed by atoms with Gasteiger partial charge in [0.2, 0.25) is 0 Å². The molecule has 1 fully saturated rings. The third kappa shape index (κ3) is 3.22. The van der Waals surface area contributed by atoms with Gasteiger partial charge in [0.1, 0.15) is 5.69 Å². The number of pyridine rings is 1. The summed E-state index contributed by atoms with van der Waals surface area (Å²) in [4.78, 5) is 14.8. The lowest BCUT2D eigenvalue weighted by molar-refractivity contribution is 0.0995. The number of aromatic nitrogens is 1. The van der Waals surface area contributed by atoms with Crippen LogP contribution in [0.5, 0.6) is 0 Å². The first-order chi connectivity index (χ1) is 7.75. The molecule has 0 aromatic carbocycles. The van der Waals surface area contributed by atoms with E-state index in [-0.39, 0.29) is 0 Å². The first kappa shape index (κ1) is 10.9. The van der Waals surface area contributed by atoms with Crippen LogP contribution in [0.3, 0.4) is 0 Å². The smallest absolute Gasteiger partial charge is 0.267 e. The Morgan fingerprint density at radius 2 is 2.38 bits per heavy atom. The van der Waals surface area contributed by atoms with Crippen molar-refractivity contribution in [2.45, 2.75) is 25.7 Å². The molecule has 2 rings (SSSR count). The monoisotopic (exact) mass is 219 g/mol. The van der Waals surface area contributed by atoms with Crippen molar-refractivity contribution >= 4 is 11.6 Å². The molecule has 1 saturated carbocycles. The van der Waals surface area contributed by atoms with E-state index in [1.807, 2.05) is 6.07 Å². The van der Waals surface area contributed by atoms with Crippen LogP contribution in [0.1, 0.15) is 36.2 Å². The largest absolute Gasteiger partial charge is 0.385 e. The van der Waals surface area contributed by atoms with Gasteiger partial charge < -0.3 is 11.1 Å². The molecular formula is C12H17N3O. The molecule has 0 aliphatic heterocycles. The zero-order valence-corrected chi connectivity index (χ0v) is 9.28. The van der Waals surface area contributed by atoms with Crippen LogP contribution in [0.2, 0.25) is 0 Å². The van der Waals surface area contributed by atoms with Crippen LogP contribution in [-0.2, 0) is 0 Å². The highest BCUT2D eigenvalue weighted by molar-refractivity contribution is 5.91. The van der Waals surface area contributed by atoms with Gasteiger partial charge in [0.05, 0.1) is 0 Å². The van der Waals surface area contributed by atoms with Crippen molar-refractivity contribution < 1.29 is 4.79 Å². The third-order valence-corrected chi connectivity index (χ3v) is 2.83. The number of amides is 1. The minimum atomic E-state index is -0.485. The van der Waals surface area contributed by atoms with Gasteiger partial charge in [0.25, 0.3) is 5.91 Å². The number of nitrogens with one attached hydrogen (secondary N) is 1. The first-order valence-corrected chi connectivity index (χ1v) is 5.75. The number of carbonyl (C=O) groups excluding carboxylic acids is 1. The van der Waals surface area contributed by atoms with Crippen LogP contribution in [0.4, 0.5) is 5.69 Å². The van der Waals surface area contributed by atoms with Crippen molar-refractivity contribution in [2.75, 3.05) is 11.9 Å². The van der Waals surface area contributed by atoms with Crippen molar-refractivity contribution in [3.05, 3.63) is 24.0 Å². The molecular weight excluding hydrogens is 202 g/mol. The SMILES string of the molecule is NC(=O)c1cc(NCCCC2CC2)ccn1. The standard InChI is InChI=1S/C12H17N3O/c13-12(16)11-8-10(5-7-15-11)14-6-1-2-9-3-4-9/h5,7-9H,1-4,6H2,(H2,13,16)(H,14,15). The van der Waals surface area contributed by atoms with E-state index in [4.69, 9.17) is 5.73 Å². The predicted molar refractivity (Wildman–Crippen MR) is 63.2 cm³/mol. The maximum absolute atomic E-state index is 10.9. The van der Waals surface area contributed by atoms with Crippen LogP contribution in [0, 0.1) is 5.92 Å². The normalized spacial score (nSPS) is 14.8. The Hall–Kier alpha value is -1.58. The molecule has 0 spiro atoms. The molecule has 4 heteroatoms. The topological polar surface area (TPSA) is 68.0 Å². The van der Waals surface area contributed by atoms with Crippen LogP contribution in [0.25, 0.3) is 0 Å². The molecule has 1 amide bonds. The van der Waals surface area contributed by atoms with Crippen molar-refractivity contribution in [3.8, 4) is 0 Å². The van der Waals surface area contributed by atoms with Gasteiger partial charge in [-0.3, -0.25) is 9.78 Å². The summed E-state index contributed by atoms with van der Waals surface area (Å²) in [5, 5.41) is 3.28. The summed E-state index contributed by atoms with van der Waals surface area (Å²) in [6.45, 7) is 0.943. The van der Waals surface area contributed by atoms with Crippen molar-refractivity contribution in [2.24, 2.45) is 11.7 Å². The lowest BCUT2D eigenvalue weighted by atomic mass is 10.2. The van der Waals surface area contributed by atoms with E-state index in [0.29, 0.717) is 5.69 Å². The van der Waals surface area contributed by atoms with Crippen LogP contribution >= 0.6 is 0 Å². The molecule has 1 aliphatic carbocycles. The number of hydrogen-bond acceptors (Lipinski definition) is 3. The minimum Gasteiger partial charge on any atom is -0.385 e. The van der Waals surface area contributed by atoms with Gasteiger partial charge in [-0.05, 0) is 30.9 Å². The maximum atomic E-state index is 10.9. The first-order valence-electron chi connectivity index (χ1n) is 5.75. The van der Waals surface area contributed by atoms with Crippen molar-refractivity contribution in [1.82, 2.24) is 4.98 Å². The molecule has 1 heterocycles. The lowest BCUT2D eigenvalue weighted by Gasteiger charge is -2.06. The third-order valence-electron chi connectivity index (χ3n) is 2.83. The Balaban J connectivity index is 1.78. The predicted octanol–water partition coefficient (Wildman–Crippen LogP) is 1.78. The quantitative estimate of drug-likeness (QED) is 0.717. The fraction of sp³-hybridized carbons (Fsp3) is 0.500. The van der Waals surface area contributed by atoms with E-state index in [1.165, 1.54) is 25.7 Å². The van der Waals surface area contributed by atoms with Gasteiger partial charge >= 0.3 is 0 Å². The Morgan fingerprint density at radius 3 is 3.06 bits per heavy atom. The molecule has 4 nitrogen and oxygen atoms in total. The summed E-state index contributed by atoms with van der Waals surface area (Å²) < 4.78 is 0. The number of carbonyl (C=O) groups is 1. The lowest BCUT2D eigenvalue weighted by Crippen LogP contribution is -2.13. The van der Waals surface area contributed by atoms with Gasteiger partial charge in [-0.1, -0.05) is 12.8 Å². The molecule has 0 atom stereocenters. The molecule has 16 heavy (non-hydrogen) atoms. The molecule has 0 bridgehead atoms. The Kier molecular flexibility index (Phi) is 3.39. The highest BCUT2D eigenvalue weighted by atomic mass is 16.1. The number of hydrogen-bond donors (Lipinski definition) is 2. The summed E-state index contributed by atoms with van der Waals surface area (Å²) in [5.74, 6) is 0.488. The van der Waals surface area contributed by atoms with Gasteiger partial charge in [-0.15, -0.1) is 0 Å². The second-order valence-corrected chi connectivity index (χ2v) is 4.31. The van der Waals surface area contributed by atoms with E-state index in [1.54, 1.807) is 12.3 Å². The molecule has 1 aromatic rings. The Morgan fingerprint density at radius 1 is 1.56 bits per heavy atom. The number of primary amides is 1. The minimum absolute atomic E-state index is 0.312. The van der Waals surface area contributed by atoms with E-state index in [9.17, 15) is 4.79 Å². The second kappa shape index (κ2) is 4.96. The maximum Gasteiger partial charge on any atom is 0.267 e. The van der Waals surface area contributed by atoms with E-state index in [2.05, 4.69) is 10.3 Å². The van der Waals surface area contributed by atoms with E-state index < -0.39 is 5.91 Å². The van der Waals surface area contributed by atoms with Gasteiger partial charge in [-0.2, -0.15) is 0 Å². The number of anilines is 1. The summed E-state index contributed by atoms with van der Waals surface area (Å²) >= 11 is 0. The highest BCUT2D eigenvalue weighted by Gasteiger charge is 2.19. The van der Waals surface area contributed by atoms with E-state index >= 15 is 0 Å². The zero-order valence-electron chi connectivity index (χ0n) is 9.28. The van der Waals surface area contributed by atoms with Crippen molar-refractivity contribution in [3.63, 3.8) is 0 Å². The van der Waals surface area contributed by atoms with Crippen LogP contribution in [0.15, 0.2) is 18.3 Å². The fourth-order valence-electron chi connectivity index (χ4n) is 1.71. The fourth-order valence-corrected chi connectivity index (χ4v) is 1.71. The molecule has 86 valence electrons. The average molecular weight is 219 g/mol. The molecule has 0 unspecified atom stereocenters. The van der Waals surface area contributed by atoms with Gasteiger partial charge in [0, 0.05) is 18.4 Å². The zero-order chi connectivity index (χ0) is 11.4. The Bertz CT molecular complexity index is 374. The number of nitrogens with zero attached hydrogens (tertiary/aromatic N) is 1. The molecule has 1 aliphatic rings. The second-order valence-electron chi connectivity index (χ2n) is 4.31. The van der Waals surface area contributed by atoms with Gasteiger partial charge in [0.15, 0.2) is 0 Å². The molecule has 0 saturated heterocycles. The number of rotatable bonds is 6. The van der Waals surface area contributed by atoms with Gasteiger partial charge in [-0.25, -0.2) is 0 Å². The summed E-state index contributed by atoms with van der Waals surface area (Å²) in [6, 6.07) is 3.54. The summed E-state index contributed by atoms with van der Waals surface area (Å²) in [6.07, 6.45) is 6.89. The Labute approximate surface area is 95.3 Å². The van der Waals surface area contributed by atoms with Crippen molar-refractivity contribution in [1.29, 1.82) is 0 Å². The van der Waals surface area contributed by atoms with Crippen LogP contribution in [-0.4, -0.2) is 17.4 Å². The van der Waals surface area contributed by atoms with E-state index in [0.717, 1.165) is 18.2 Å². The van der Waals surface area contributed by atoms with Crippen LogP contribution < -0.4 is 11.1 Å².